The Morgan fingerprint density at radius 3 is 2.43 bits per heavy atom. The number of morpholine rings is 1. The average Bonchev–Trinajstić information content (AvgIpc) is 2.92. The smallest absolute Gasteiger partial charge is 0.325 e. The van der Waals surface area contributed by atoms with E-state index in [0.717, 1.165) is 4.90 Å². The molecule has 2 aliphatic rings. The van der Waals surface area contributed by atoms with Gasteiger partial charge in [0.15, 0.2) is 0 Å². The molecule has 30 heavy (non-hydrogen) atoms. The second-order valence-electron chi connectivity index (χ2n) is 7.49. The number of hydrogen-bond acceptors (Lipinski definition) is 6. The van der Waals surface area contributed by atoms with Gasteiger partial charge < -0.3 is 15.4 Å². The molecule has 0 aliphatic carbocycles. The summed E-state index contributed by atoms with van der Waals surface area (Å²) in [4.78, 5) is 37.9. The minimum Gasteiger partial charge on any atom is -0.379 e. The van der Waals surface area contributed by atoms with Gasteiger partial charge in [-0.2, -0.15) is 4.31 Å². The number of ether oxygens (including phenoxy) is 1. The van der Waals surface area contributed by atoms with Crippen LogP contribution in [0.15, 0.2) is 29.2 Å². The van der Waals surface area contributed by atoms with E-state index in [1.165, 1.54) is 28.6 Å². The van der Waals surface area contributed by atoms with Crippen LogP contribution in [0.1, 0.15) is 26.7 Å². The van der Waals surface area contributed by atoms with E-state index in [-0.39, 0.29) is 4.90 Å². The molecule has 0 spiro atoms. The highest BCUT2D eigenvalue weighted by Gasteiger charge is 2.47. The summed E-state index contributed by atoms with van der Waals surface area (Å²) in [5, 5.41) is 5.22. The van der Waals surface area contributed by atoms with Crippen LogP contribution in [0.5, 0.6) is 0 Å². The topological polar surface area (TPSA) is 125 Å². The zero-order chi connectivity index (χ0) is 21.9. The number of nitrogens with one attached hydrogen (secondary N) is 2. The standard InChI is InChI=1S/C19H26N4O6S/c1-3-8-19(2)17(25)23(18(26)21-19)13-16(24)20-14-4-6-15(7-5-14)30(27,28)22-9-11-29-12-10-22/h4-7H,3,8-13H2,1-2H3,(H,20,24)(H,21,26). The van der Waals surface area contributed by atoms with Crippen molar-refractivity contribution >= 4 is 33.6 Å². The molecule has 3 rings (SSSR count). The van der Waals surface area contributed by atoms with Crippen LogP contribution >= 0.6 is 0 Å². The van der Waals surface area contributed by atoms with Crippen molar-refractivity contribution in [3.8, 4) is 0 Å². The Morgan fingerprint density at radius 1 is 1.20 bits per heavy atom. The number of carbonyl (C=O) groups excluding carboxylic acids is 3. The third kappa shape index (κ3) is 4.47. The number of urea groups is 1. The summed E-state index contributed by atoms with van der Waals surface area (Å²) in [5.41, 5.74) is -0.633. The monoisotopic (exact) mass is 438 g/mol. The highest BCUT2D eigenvalue weighted by atomic mass is 32.2. The number of benzene rings is 1. The first-order valence-electron chi connectivity index (χ1n) is 9.79. The van der Waals surface area contributed by atoms with Gasteiger partial charge in [-0.3, -0.25) is 14.5 Å². The summed E-state index contributed by atoms with van der Waals surface area (Å²) >= 11 is 0. The van der Waals surface area contributed by atoms with E-state index in [9.17, 15) is 22.8 Å². The molecule has 164 valence electrons. The lowest BCUT2D eigenvalue weighted by molar-refractivity contribution is -0.133. The van der Waals surface area contributed by atoms with Crippen LogP contribution in [0.2, 0.25) is 0 Å². The zero-order valence-corrected chi connectivity index (χ0v) is 17.8. The maximum absolute atomic E-state index is 12.6. The summed E-state index contributed by atoms with van der Waals surface area (Å²) in [6.45, 7) is 4.43. The van der Waals surface area contributed by atoms with Crippen molar-refractivity contribution in [2.45, 2.75) is 37.1 Å². The summed E-state index contributed by atoms with van der Waals surface area (Å²) < 4.78 is 31.8. The summed E-state index contributed by atoms with van der Waals surface area (Å²) in [6, 6.07) is 5.16. The first-order chi connectivity index (χ1) is 14.2. The highest BCUT2D eigenvalue weighted by Crippen LogP contribution is 2.23. The van der Waals surface area contributed by atoms with Crippen molar-refractivity contribution < 1.29 is 27.5 Å². The Hall–Kier alpha value is -2.50. The highest BCUT2D eigenvalue weighted by molar-refractivity contribution is 7.89. The van der Waals surface area contributed by atoms with Gasteiger partial charge in [-0.1, -0.05) is 13.3 Å². The first-order valence-corrected chi connectivity index (χ1v) is 11.2. The lowest BCUT2D eigenvalue weighted by Crippen LogP contribution is -2.44. The lowest BCUT2D eigenvalue weighted by Gasteiger charge is -2.26. The molecular weight excluding hydrogens is 412 g/mol. The van der Waals surface area contributed by atoms with Gasteiger partial charge >= 0.3 is 6.03 Å². The SMILES string of the molecule is CCCC1(C)NC(=O)N(CC(=O)Nc2ccc(S(=O)(=O)N3CCOCC3)cc2)C1=O. The molecule has 0 bridgehead atoms. The van der Waals surface area contributed by atoms with Gasteiger partial charge in [0.05, 0.1) is 18.1 Å². The summed E-state index contributed by atoms with van der Waals surface area (Å²) in [5.74, 6) is -0.987. The van der Waals surface area contributed by atoms with E-state index in [1.54, 1.807) is 6.92 Å². The zero-order valence-electron chi connectivity index (χ0n) is 17.0. The van der Waals surface area contributed by atoms with Crippen LogP contribution in [-0.2, 0) is 24.3 Å². The molecule has 2 heterocycles. The van der Waals surface area contributed by atoms with E-state index < -0.39 is 40.0 Å². The fourth-order valence-corrected chi connectivity index (χ4v) is 4.96. The largest absolute Gasteiger partial charge is 0.379 e. The number of imide groups is 1. The van der Waals surface area contributed by atoms with Crippen molar-refractivity contribution in [2.75, 3.05) is 38.2 Å². The minimum atomic E-state index is -3.62. The molecule has 2 fully saturated rings. The Labute approximate surface area is 175 Å². The molecule has 4 amide bonds. The van der Waals surface area contributed by atoms with Crippen molar-refractivity contribution in [3.63, 3.8) is 0 Å². The van der Waals surface area contributed by atoms with Gasteiger partial charge in [0.2, 0.25) is 15.9 Å². The second-order valence-corrected chi connectivity index (χ2v) is 9.43. The van der Waals surface area contributed by atoms with Crippen LogP contribution in [0.25, 0.3) is 0 Å². The molecule has 2 saturated heterocycles. The fraction of sp³-hybridized carbons (Fsp3) is 0.526. The Balaban J connectivity index is 1.62. The molecule has 0 radical (unpaired) electrons. The van der Waals surface area contributed by atoms with E-state index in [2.05, 4.69) is 10.6 Å². The third-order valence-corrected chi connectivity index (χ3v) is 7.06. The van der Waals surface area contributed by atoms with Crippen molar-refractivity contribution in [1.82, 2.24) is 14.5 Å². The number of amides is 4. The van der Waals surface area contributed by atoms with E-state index in [1.807, 2.05) is 6.92 Å². The maximum atomic E-state index is 12.6. The first kappa shape index (κ1) is 22.2. The summed E-state index contributed by atoms with van der Waals surface area (Å²) in [6.07, 6.45) is 1.19. The normalized spacial score (nSPS) is 22.8. The minimum absolute atomic E-state index is 0.117. The molecule has 0 saturated carbocycles. The Bertz CT molecular complexity index is 927. The van der Waals surface area contributed by atoms with Crippen LogP contribution in [0.4, 0.5) is 10.5 Å². The number of anilines is 1. The predicted octanol–water partition coefficient (Wildman–Crippen LogP) is 0.757. The number of nitrogens with zero attached hydrogens (tertiary/aromatic N) is 2. The molecule has 2 N–H and O–H groups in total. The fourth-order valence-electron chi connectivity index (χ4n) is 3.55. The van der Waals surface area contributed by atoms with E-state index in [4.69, 9.17) is 4.74 Å². The van der Waals surface area contributed by atoms with E-state index >= 15 is 0 Å². The van der Waals surface area contributed by atoms with Gasteiger partial charge in [-0.05, 0) is 37.6 Å². The van der Waals surface area contributed by atoms with Crippen LogP contribution in [0, 0.1) is 0 Å². The van der Waals surface area contributed by atoms with E-state index in [0.29, 0.717) is 44.8 Å². The maximum Gasteiger partial charge on any atom is 0.325 e. The molecule has 11 heteroatoms. The molecule has 1 atom stereocenters. The van der Waals surface area contributed by atoms with Gasteiger partial charge in [0.1, 0.15) is 12.1 Å². The molecule has 1 aromatic carbocycles. The lowest BCUT2D eigenvalue weighted by atomic mass is 9.96. The molecular formula is C19H26N4O6S. The third-order valence-electron chi connectivity index (χ3n) is 5.14. The number of rotatable bonds is 7. The van der Waals surface area contributed by atoms with Crippen molar-refractivity contribution in [1.29, 1.82) is 0 Å². The van der Waals surface area contributed by atoms with Gasteiger partial charge in [-0.15, -0.1) is 0 Å². The molecule has 2 aliphatic heterocycles. The number of sulfonamides is 1. The quantitative estimate of drug-likeness (QED) is 0.606. The van der Waals surface area contributed by atoms with Crippen molar-refractivity contribution in [3.05, 3.63) is 24.3 Å². The van der Waals surface area contributed by atoms with Crippen molar-refractivity contribution in [2.24, 2.45) is 0 Å². The predicted molar refractivity (Wildman–Crippen MR) is 108 cm³/mol. The molecule has 10 nitrogen and oxygen atoms in total. The second kappa shape index (κ2) is 8.70. The number of hydrogen-bond donors (Lipinski definition) is 2. The Morgan fingerprint density at radius 2 is 1.83 bits per heavy atom. The van der Waals surface area contributed by atoms with Crippen LogP contribution in [-0.4, -0.2) is 73.9 Å². The van der Waals surface area contributed by atoms with Gasteiger partial charge in [-0.25, -0.2) is 13.2 Å². The molecule has 0 aromatic heterocycles. The molecule has 1 unspecified atom stereocenters. The van der Waals surface area contributed by atoms with Gasteiger partial charge in [0, 0.05) is 18.8 Å². The van der Waals surface area contributed by atoms with Gasteiger partial charge in [0.25, 0.3) is 5.91 Å². The molecule has 1 aromatic rings. The van der Waals surface area contributed by atoms with Crippen LogP contribution in [0.3, 0.4) is 0 Å². The van der Waals surface area contributed by atoms with Crippen LogP contribution < -0.4 is 10.6 Å². The number of carbonyl (C=O) groups is 3. The summed E-state index contributed by atoms with van der Waals surface area (Å²) in [7, 11) is -3.62. The Kier molecular flexibility index (Phi) is 6.44. The average molecular weight is 439 g/mol.